The molecule has 0 unspecified atom stereocenters. The van der Waals surface area contributed by atoms with Crippen molar-refractivity contribution in [1.29, 1.82) is 0 Å². The second kappa shape index (κ2) is 9.29. The standard InChI is InChI=1S/C14H22F6/c1-2-3-4-5-6-7-8-9-10-11-12(13(15,16)17)14(18,19)20/h11H,2-10H2,1H3. The third-order valence-corrected chi connectivity index (χ3v) is 3.02. The first-order chi connectivity index (χ1) is 9.19. The van der Waals surface area contributed by atoms with Gasteiger partial charge in [0.05, 0.1) is 0 Å². The van der Waals surface area contributed by atoms with E-state index < -0.39 is 17.9 Å². The molecule has 0 rings (SSSR count). The molecule has 0 radical (unpaired) electrons. The molecule has 20 heavy (non-hydrogen) atoms. The minimum absolute atomic E-state index is 0.177. The number of halogens is 6. The van der Waals surface area contributed by atoms with Crippen molar-refractivity contribution in [2.24, 2.45) is 0 Å². The van der Waals surface area contributed by atoms with Crippen molar-refractivity contribution in [3.05, 3.63) is 11.6 Å². The Kier molecular flexibility index (Phi) is 8.98. The molecule has 6 heteroatoms. The number of unbranched alkanes of at least 4 members (excludes halogenated alkanes) is 8. The zero-order chi connectivity index (χ0) is 15.6. The molecule has 0 heterocycles. The highest BCUT2D eigenvalue weighted by atomic mass is 19.4. The van der Waals surface area contributed by atoms with Gasteiger partial charge in [-0.1, -0.05) is 57.9 Å². The van der Waals surface area contributed by atoms with Crippen LogP contribution in [0, 0.1) is 0 Å². The molecule has 0 aromatic heterocycles. The van der Waals surface area contributed by atoms with Gasteiger partial charge in [0.15, 0.2) is 0 Å². The van der Waals surface area contributed by atoms with Gasteiger partial charge in [-0.15, -0.1) is 0 Å². The van der Waals surface area contributed by atoms with Crippen molar-refractivity contribution in [3.63, 3.8) is 0 Å². The van der Waals surface area contributed by atoms with Gasteiger partial charge in [-0.2, -0.15) is 26.3 Å². The van der Waals surface area contributed by atoms with Crippen LogP contribution in [0.5, 0.6) is 0 Å². The highest BCUT2D eigenvalue weighted by molar-refractivity contribution is 5.15. The van der Waals surface area contributed by atoms with Gasteiger partial charge in [-0.25, -0.2) is 0 Å². The molecule has 0 fully saturated rings. The average Bonchev–Trinajstić information content (AvgIpc) is 2.28. The first-order valence-corrected chi connectivity index (χ1v) is 7.04. The minimum atomic E-state index is -5.32. The minimum Gasteiger partial charge on any atom is -0.166 e. The Labute approximate surface area is 116 Å². The maximum absolute atomic E-state index is 12.2. The third-order valence-electron chi connectivity index (χ3n) is 3.02. The quantitative estimate of drug-likeness (QED) is 0.257. The molecular formula is C14H22F6. The van der Waals surface area contributed by atoms with E-state index >= 15 is 0 Å². The lowest BCUT2D eigenvalue weighted by atomic mass is 10.1. The fourth-order valence-electron chi connectivity index (χ4n) is 1.92. The fourth-order valence-corrected chi connectivity index (χ4v) is 1.92. The summed E-state index contributed by atoms with van der Waals surface area (Å²) in [4.78, 5) is 0. The Morgan fingerprint density at radius 3 is 1.50 bits per heavy atom. The smallest absolute Gasteiger partial charge is 0.166 e. The molecule has 0 aliphatic heterocycles. The van der Waals surface area contributed by atoms with Gasteiger partial charge >= 0.3 is 12.4 Å². The van der Waals surface area contributed by atoms with Crippen molar-refractivity contribution in [3.8, 4) is 0 Å². The maximum atomic E-state index is 12.2. The van der Waals surface area contributed by atoms with Crippen molar-refractivity contribution in [2.45, 2.75) is 77.1 Å². The number of allylic oxidation sites excluding steroid dienone is 2. The van der Waals surface area contributed by atoms with E-state index in [1.165, 1.54) is 6.42 Å². The van der Waals surface area contributed by atoms with Crippen molar-refractivity contribution < 1.29 is 26.3 Å². The molecule has 0 aromatic rings. The van der Waals surface area contributed by atoms with E-state index in [1.54, 1.807) is 0 Å². The maximum Gasteiger partial charge on any atom is 0.420 e. The van der Waals surface area contributed by atoms with E-state index in [1.807, 2.05) is 0 Å². The summed E-state index contributed by atoms with van der Waals surface area (Å²) in [5, 5.41) is 0. The summed E-state index contributed by atoms with van der Waals surface area (Å²) in [5.74, 6) is 0. The molecule has 0 amide bonds. The first-order valence-electron chi connectivity index (χ1n) is 7.04. The average molecular weight is 304 g/mol. The van der Waals surface area contributed by atoms with Crippen LogP contribution in [0.1, 0.15) is 64.7 Å². The van der Waals surface area contributed by atoms with E-state index in [4.69, 9.17) is 0 Å². The van der Waals surface area contributed by atoms with Crippen LogP contribution in [0.15, 0.2) is 11.6 Å². The van der Waals surface area contributed by atoms with Crippen LogP contribution < -0.4 is 0 Å². The Hall–Kier alpha value is -0.680. The second-order valence-corrected chi connectivity index (χ2v) is 4.88. The van der Waals surface area contributed by atoms with Crippen LogP contribution in [0.2, 0.25) is 0 Å². The third kappa shape index (κ3) is 9.26. The van der Waals surface area contributed by atoms with E-state index in [9.17, 15) is 26.3 Å². The van der Waals surface area contributed by atoms with Gasteiger partial charge in [0.1, 0.15) is 5.57 Å². The van der Waals surface area contributed by atoms with Crippen molar-refractivity contribution >= 4 is 0 Å². The Balaban J connectivity index is 3.91. The molecule has 0 aromatic carbocycles. The van der Waals surface area contributed by atoms with Gasteiger partial charge in [0.2, 0.25) is 0 Å². The fraction of sp³-hybridized carbons (Fsp3) is 0.857. The molecular weight excluding hydrogens is 282 g/mol. The molecule has 0 atom stereocenters. The highest BCUT2D eigenvalue weighted by Crippen LogP contribution is 2.38. The molecule has 120 valence electrons. The van der Waals surface area contributed by atoms with Crippen LogP contribution in [-0.4, -0.2) is 12.4 Å². The molecule has 0 aliphatic rings. The van der Waals surface area contributed by atoms with Gasteiger partial charge in [0, 0.05) is 0 Å². The normalized spacial score (nSPS) is 12.6. The summed E-state index contributed by atoms with van der Waals surface area (Å²) in [7, 11) is 0. The number of hydrogen-bond donors (Lipinski definition) is 0. The Morgan fingerprint density at radius 2 is 1.10 bits per heavy atom. The number of rotatable bonds is 9. The Bertz CT molecular complexity index is 258. The zero-order valence-electron chi connectivity index (χ0n) is 11.7. The first kappa shape index (κ1) is 19.3. The summed E-state index contributed by atoms with van der Waals surface area (Å²) < 4.78 is 73.1. The van der Waals surface area contributed by atoms with Crippen LogP contribution in [-0.2, 0) is 0 Å². The largest absolute Gasteiger partial charge is 0.420 e. The summed E-state index contributed by atoms with van der Waals surface area (Å²) in [6, 6.07) is 0. The predicted molar refractivity (Wildman–Crippen MR) is 67.4 cm³/mol. The summed E-state index contributed by atoms with van der Waals surface area (Å²) in [5.41, 5.74) is -2.38. The lowest BCUT2D eigenvalue weighted by Gasteiger charge is -2.14. The lowest BCUT2D eigenvalue weighted by Crippen LogP contribution is -2.26. The van der Waals surface area contributed by atoms with Crippen LogP contribution in [0.4, 0.5) is 26.3 Å². The Morgan fingerprint density at radius 1 is 0.700 bits per heavy atom. The van der Waals surface area contributed by atoms with Crippen molar-refractivity contribution in [1.82, 2.24) is 0 Å². The molecule has 0 bridgehead atoms. The zero-order valence-corrected chi connectivity index (χ0v) is 11.7. The van der Waals surface area contributed by atoms with Crippen molar-refractivity contribution in [2.75, 3.05) is 0 Å². The lowest BCUT2D eigenvalue weighted by molar-refractivity contribution is -0.172. The SMILES string of the molecule is CCCCCCCCCCC=C(C(F)(F)F)C(F)(F)F. The van der Waals surface area contributed by atoms with E-state index in [2.05, 4.69) is 6.92 Å². The van der Waals surface area contributed by atoms with Crippen LogP contribution >= 0.6 is 0 Å². The van der Waals surface area contributed by atoms with Gasteiger partial charge < -0.3 is 0 Å². The summed E-state index contributed by atoms with van der Waals surface area (Å²) >= 11 is 0. The van der Waals surface area contributed by atoms with Gasteiger partial charge in [-0.3, -0.25) is 0 Å². The highest BCUT2D eigenvalue weighted by Gasteiger charge is 2.50. The van der Waals surface area contributed by atoms with Crippen LogP contribution in [0.25, 0.3) is 0 Å². The summed E-state index contributed by atoms with van der Waals surface area (Å²) in [6.07, 6.45) is -3.11. The van der Waals surface area contributed by atoms with Gasteiger partial charge in [0.25, 0.3) is 0 Å². The van der Waals surface area contributed by atoms with Gasteiger partial charge in [-0.05, 0) is 12.8 Å². The topological polar surface area (TPSA) is 0 Å². The summed E-state index contributed by atoms with van der Waals surface area (Å²) in [6.45, 7) is 2.10. The molecule has 0 saturated carbocycles. The van der Waals surface area contributed by atoms with E-state index in [0.717, 1.165) is 32.1 Å². The molecule has 0 N–H and O–H groups in total. The molecule has 0 aliphatic carbocycles. The van der Waals surface area contributed by atoms with E-state index in [-0.39, 0.29) is 12.5 Å². The monoisotopic (exact) mass is 304 g/mol. The number of hydrogen-bond acceptors (Lipinski definition) is 0. The molecule has 0 spiro atoms. The van der Waals surface area contributed by atoms with Crippen LogP contribution in [0.3, 0.4) is 0 Å². The van der Waals surface area contributed by atoms with E-state index in [0.29, 0.717) is 12.8 Å². The molecule has 0 nitrogen and oxygen atoms in total. The predicted octanol–water partition coefficient (Wildman–Crippen LogP) is 6.57. The number of alkyl halides is 6. The second-order valence-electron chi connectivity index (χ2n) is 4.88. The molecule has 0 saturated heterocycles.